The van der Waals surface area contributed by atoms with E-state index in [1.807, 2.05) is 31.2 Å². The van der Waals surface area contributed by atoms with Gasteiger partial charge in [0.1, 0.15) is 11.4 Å². The predicted molar refractivity (Wildman–Crippen MR) is 115 cm³/mol. The molecule has 1 N–H and O–H groups in total. The van der Waals surface area contributed by atoms with Crippen molar-refractivity contribution in [3.8, 4) is 0 Å². The number of nitrogens with one attached hydrogen (secondary N) is 1. The van der Waals surface area contributed by atoms with Crippen molar-refractivity contribution in [1.29, 1.82) is 0 Å². The molecule has 3 rings (SSSR count). The van der Waals surface area contributed by atoms with E-state index >= 15 is 0 Å². The minimum absolute atomic E-state index is 0.0458. The quantitative estimate of drug-likeness (QED) is 0.659. The van der Waals surface area contributed by atoms with E-state index in [0.29, 0.717) is 17.8 Å². The molecule has 1 heterocycles. The number of nitrogens with zero attached hydrogens (tertiary/aromatic N) is 1. The number of aromatic nitrogens is 1. The first-order valence-corrected chi connectivity index (χ1v) is 11.0. The highest BCUT2D eigenvalue weighted by Gasteiger charge is 2.26. The second-order valence-corrected chi connectivity index (χ2v) is 9.15. The molecule has 3 aromatic rings. The van der Waals surface area contributed by atoms with Gasteiger partial charge in [0, 0.05) is 12.2 Å². The summed E-state index contributed by atoms with van der Waals surface area (Å²) in [6.07, 6.45) is 0. The molecule has 0 aliphatic rings. The fourth-order valence-corrected chi connectivity index (χ4v) is 4.83. The van der Waals surface area contributed by atoms with E-state index in [1.54, 1.807) is 38.1 Å². The zero-order chi connectivity index (χ0) is 21.9. The van der Waals surface area contributed by atoms with Crippen molar-refractivity contribution in [1.82, 2.24) is 9.88 Å². The Kier molecular flexibility index (Phi) is 6.22. The standard InChI is InChI=1S/C23H24N2O4S/c1-16-9-11-19(12-10-16)14-24-21(26)15-25-18(3)13-17(2)22(23(25)27)30(28,29)20-7-5-4-6-8-20/h4-13H,14-15H2,1-3H3,(H,24,26). The van der Waals surface area contributed by atoms with E-state index in [0.717, 1.165) is 11.1 Å². The number of aryl methyl sites for hydroxylation is 3. The molecular weight excluding hydrogens is 400 g/mol. The third-order valence-electron chi connectivity index (χ3n) is 4.88. The molecule has 6 nitrogen and oxygen atoms in total. The normalized spacial score (nSPS) is 11.3. The number of amides is 1. The summed E-state index contributed by atoms with van der Waals surface area (Å²) in [5.74, 6) is -0.368. The molecule has 0 radical (unpaired) electrons. The zero-order valence-electron chi connectivity index (χ0n) is 17.2. The van der Waals surface area contributed by atoms with Gasteiger partial charge < -0.3 is 9.88 Å². The molecule has 2 aromatic carbocycles. The summed E-state index contributed by atoms with van der Waals surface area (Å²) >= 11 is 0. The van der Waals surface area contributed by atoms with Crippen LogP contribution in [0.5, 0.6) is 0 Å². The molecule has 0 bridgehead atoms. The lowest BCUT2D eigenvalue weighted by Gasteiger charge is -2.15. The first-order chi connectivity index (χ1) is 14.2. The van der Waals surface area contributed by atoms with Crippen LogP contribution in [0, 0.1) is 20.8 Å². The van der Waals surface area contributed by atoms with Crippen molar-refractivity contribution in [2.24, 2.45) is 0 Å². The van der Waals surface area contributed by atoms with Crippen LogP contribution in [-0.4, -0.2) is 18.9 Å². The van der Waals surface area contributed by atoms with Crippen LogP contribution < -0.4 is 10.9 Å². The van der Waals surface area contributed by atoms with Crippen molar-refractivity contribution < 1.29 is 13.2 Å². The van der Waals surface area contributed by atoms with Gasteiger partial charge in [0.2, 0.25) is 15.7 Å². The molecule has 7 heteroatoms. The molecule has 0 unspecified atom stereocenters. The first-order valence-electron chi connectivity index (χ1n) is 9.53. The SMILES string of the molecule is Cc1ccc(CNC(=O)Cn2c(C)cc(C)c(S(=O)(=O)c3ccccc3)c2=O)cc1. The maximum atomic E-state index is 13.1. The molecular formula is C23H24N2O4S. The highest BCUT2D eigenvalue weighted by Crippen LogP contribution is 2.21. The van der Waals surface area contributed by atoms with Gasteiger partial charge in [0.15, 0.2) is 0 Å². The van der Waals surface area contributed by atoms with Gasteiger partial charge in [-0.25, -0.2) is 8.42 Å². The van der Waals surface area contributed by atoms with Gasteiger partial charge in [-0.05, 0) is 50.1 Å². The molecule has 0 atom stereocenters. The Morgan fingerprint density at radius 1 is 0.967 bits per heavy atom. The third kappa shape index (κ3) is 4.52. The minimum Gasteiger partial charge on any atom is -0.350 e. The highest BCUT2D eigenvalue weighted by atomic mass is 32.2. The van der Waals surface area contributed by atoms with Gasteiger partial charge in [0.25, 0.3) is 5.56 Å². The molecule has 0 saturated heterocycles. The summed E-state index contributed by atoms with van der Waals surface area (Å²) in [6, 6.07) is 17.2. The van der Waals surface area contributed by atoms with Crippen LogP contribution in [0.4, 0.5) is 0 Å². The number of hydrogen-bond donors (Lipinski definition) is 1. The average Bonchev–Trinajstić information content (AvgIpc) is 2.71. The van der Waals surface area contributed by atoms with Crippen molar-refractivity contribution in [3.05, 3.63) is 93.4 Å². The largest absolute Gasteiger partial charge is 0.350 e. The second kappa shape index (κ2) is 8.67. The van der Waals surface area contributed by atoms with E-state index in [1.165, 1.54) is 16.7 Å². The summed E-state index contributed by atoms with van der Waals surface area (Å²) < 4.78 is 27.3. The fourth-order valence-electron chi connectivity index (χ4n) is 3.26. The molecule has 1 amide bonds. The molecule has 0 spiro atoms. The third-order valence-corrected chi connectivity index (χ3v) is 6.81. The molecule has 0 aliphatic carbocycles. The van der Waals surface area contributed by atoms with Crippen LogP contribution in [0.2, 0.25) is 0 Å². The Labute approximate surface area is 176 Å². The summed E-state index contributed by atoms with van der Waals surface area (Å²) in [5, 5.41) is 2.78. The topological polar surface area (TPSA) is 85.2 Å². The van der Waals surface area contributed by atoms with E-state index in [9.17, 15) is 18.0 Å². The Morgan fingerprint density at radius 2 is 1.60 bits per heavy atom. The van der Waals surface area contributed by atoms with Crippen molar-refractivity contribution >= 4 is 15.7 Å². The lowest BCUT2D eigenvalue weighted by molar-refractivity contribution is -0.121. The number of carbonyl (C=O) groups excluding carboxylic acids is 1. The van der Waals surface area contributed by atoms with Crippen molar-refractivity contribution in [3.63, 3.8) is 0 Å². The number of hydrogen-bond acceptors (Lipinski definition) is 4. The molecule has 0 aliphatic heterocycles. The van der Waals surface area contributed by atoms with Gasteiger partial charge in [-0.2, -0.15) is 0 Å². The first kappa shape index (κ1) is 21.5. The number of benzene rings is 2. The number of rotatable bonds is 6. The number of sulfone groups is 1. The van der Waals surface area contributed by atoms with Crippen LogP contribution >= 0.6 is 0 Å². The van der Waals surface area contributed by atoms with E-state index in [4.69, 9.17) is 0 Å². The van der Waals surface area contributed by atoms with Gasteiger partial charge in [0.05, 0.1) is 4.90 Å². The van der Waals surface area contributed by atoms with Gasteiger partial charge in [-0.15, -0.1) is 0 Å². The van der Waals surface area contributed by atoms with Crippen LogP contribution in [0.1, 0.15) is 22.4 Å². The summed E-state index contributed by atoms with van der Waals surface area (Å²) in [7, 11) is -4.00. The molecule has 0 saturated carbocycles. The maximum Gasteiger partial charge on any atom is 0.270 e. The average molecular weight is 425 g/mol. The lowest BCUT2D eigenvalue weighted by atomic mass is 10.1. The molecule has 0 fully saturated rings. The van der Waals surface area contributed by atoms with Crippen LogP contribution in [0.15, 0.2) is 75.2 Å². The summed E-state index contributed by atoms with van der Waals surface area (Å²) in [6.45, 7) is 5.32. The summed E-state index contributed by atoms with van der Waals surface area (Å²) in [5.41, 5.74) is 2.25. The Hall–Kier alpha value is -3.19. The van der Waals surface area contributed by atoms with E-state index in [-0.39, 0.29) is 22.2 Å². The Morgan fingerprint density at radius 3 is 2.23 bits per heavy atom. The molecule has 156 valence electrons. The monoisotopic (exact) mass is 424 g/mol. The van der Waals surface area contributed by atoms with Gasteiger partial charge in [-0.1, -0.05) is 48.0 Å². The predicted octanol–water partition coefficient (Wildman–Crippen LogP) is 2.92. The summed E-state index contributed by atoms with van der Waals surface area (Å²) in [4.78, 5) is 25.3. The van der Waals surface area contributed by atoms with Crippen LogP contribution in [0.3, 0.4) is 0 Å². The van der Waals surface area contributed by atoms with Crippen LogP contribution in [0.25, 0.3) is 0 Å². The Balaban J connectivity index is 1.89. The van der Waals surface area contributed by atoms with E-state index < -0.39 is 15.4 Å². The fraction of sp³-hybridized carbons (Fsp3) is 0.217. The van der Waals surface area contributed by atoms with Crippen molar-refractivity contribution in [2.45, 2.75) is 43.7 Å². The van der Waals surface area contributed by atoms with Gasteiger partial charge in [-0.3, -0.25) is 9.59 Å². The van der Waals surface area contributed by atoms with E-state index in [2.05, 4.69) is 5.32 Å². The minimum atomic E-state index is -4.00. The molecule has 30 heavy (non-hydrogen) atoms. The number of carbonyl (C=O) groups is 1. The van der Waals surface area contributed by atoms with Gasteiger partial charge >= 0.3 is 0 Å². The lowest BCUT2D eigenvalue weighted by Crippen LogP contribution is -2.35. The zero-order valence-corrected chi connectivity index (χ0v) is 18.0. The smallest absolute Gasteiger partial charge is 0.270 e. The maximum absolute atomic E-state index is 13.1. The Bertz CT molecular complexity index is 1230. The van der Waals surface area contributed by atoms with Crippen molar-refractivity contribution in [2.75, 3.05) is 0 Å². The van der Waals surface area contributed by atoms with Crippen LogP contribution in [-0.2, 0) is 27.7 Å². The second-order valence-electron chi connectivity index (χ2n) is 7.27. The highest BCUT2D eigenvalue weighted by molar-refractivity contribution is 7.91. The number of pyridine rings is 1. The molecule has 1 aromatic heterocycles.